The van der Waals surface area contributed by atoms with Gasteiger partial charge in [-0.2, -0.15) is 9.40 Å². The van der Waals surface area contributed by atoms with Crippen molar-refractivity contribution in [1.29, 1.82) is 0 Å². The number of carbonyl (C=O) groups is 1. The minimum absolute atomic E-state index is 0.110. The van der Waals surface area contributed by atoms with Gasteiger partial charge in [0.1, 0.15) is 5.69 Å². The van der Waals surface area contributed by atoms with E-state index in [1.54, 1.807) is 13.8 Å². The Morgan fingerprint density at radius 1 is 1.43 bits per heavy atom. The quantitative estimate of drug-likeness (QED) is 0.662. The highest BCUT2D eigenvalue weighted by Gasteiger charge is 2.19. The molecule has 0 radical (unpaired) electrons. The van der Waals surface area contributed by atoms with Crippen molar-refractivity contribution >= 4 is 15.9 Å². The Morgan fingerprint density at radius 2 is 2.10 bits per heavy atom. The van der Waals surface area contributed by atoms with Gasteiger partial charge in [0.2, 0.25) is 10.0 Å². The first kappa shape index (κ1) is 17.3. The topological polar surface area (TPSA) is 112 Å². The Balaban J connectivity index is 2.45. The summed E-state index contributed by atoms with van der Waals surface area (Å²) in [5.74, 6) is -0.415. The largest absolute Gasteiger partial charge is 0.351 e. The van der Waals surface area contributed by atoms with Gasteiger partial charge in [-0.15, -0.1) is 0 Å². The van der Waals surface area contributed by atoms with E-state index < -0.39 is 15.9 Å². The Bertz CT molecular complexity index is 618. The molecule has 0 aliphatic carbocycles. The molecular formula is C12H20N4O4S. The highest BCUT2D eigenvalue weighted by Crippen LogP contribution is 2.05. The molecule has 0 atom stereocenters. The zero-order chi connectivity index (χ0) is 16.0. The number of hydrogen-bond acceptors (Lipinski definition) is 5. The van der Waals surface area contributed by atoms with Crippen molar-refractivity contribution in [1.82, 2.24) is 19.8 Å². The van der Waals surface area contributed by atoms with E-state index in [9.17, 15) is 18.0 Å². The maximum atomic E-state index is 11.7. The van der Waals surface area contributed by atoms with Crippen LogP contribution in [0.3, 0.4) is 0 Å². The van der Waals surface area contributed by atoms with Crippen LogP contribution in [0, 0.1) is 0 Å². The summed E-state index contributed by atoms with van der Waals surface area (Å²) in [6.45, 7) is 4.24. The van der Waals surface area contributed by atoms with Gasteiger partial charge in [-0.1, -0.05) is 0 Å². The second kappa shape index (κ2) is 7.32. The van der Waals surface area contributed by atoms with E-state index in [2.05, 4.69) is 15.5 Å². The molecule has 0 aliphatic heterocycles. The average molecular weight is 316 g/mol. The number of aromatic nitrogens is 2. The smallest absolute Gasteiger partial charge is 0.271 e. The number of nitrogens with zero attached hydrogens (tertiary/aromatic N) is 2. The van der Waals surface area contributed by atoms with Crippen LogP contribution < -0.4 is 10.9 Å². The summed E-state index contributed by atoms with van der Waals surface area (Å²) >= 11 is 0. The summed E-state index contributed by atoms with van der Waals surface area (Å²) in [7, 11) is -3.25. The highest BCUT2D eigenvalue weighted by molar-refractivity contribution is 7.88. The van der Waals surface area contributed by atoms with Gasteiger partial charge in [0.15, 0.2) is 0 Å². The Labute approximate surface area is 123 Å². The second-order valence-electron chi connectivity index (χ2n) is 4.88. The molecule has 0 bridgehead atoms. The van der Waals surface area contributed by atoms with Gasteiger partial charge in [0.25, 0.3) is 11.5 Å². The molecule has 1 heterocycles. The lowest BCUT2D eigenvalue weighted by atomic mass is 10.3. The number of nitrogens with one attached hydrogen (secondary N) is 2. The van der Waals surface area contributed by atoms with E-state index in [1.807, 2.05) is 0 Å². The van der Waals surface area contributed by atoms with Gasteiger partial charge in [0, 0.05) is 25.2 Å². The molecule has 0 aromatic carbocycles. The number of sulfonamides is 1. The van der Waals surface area contributed by atoms with Crippen LogP contribution >= 0.6 is 0 Å². The molecule has 0 unspecified atom stereocenters. The number of rotatable bonds is 7. The Hall–Kier alpha value is -1.74. The van der Waals surface area contributed by atoms with Crippen LogP contribution in [0.4, 0.5) is 0 Å². The SMILES string of the molecule is CC(C)N(CCCNC(=O)c1ccc(=O)[nH]n1)S(C)(=O)=O. The number of amides is 1. The summed E-state index contributed by atoms with van der Waals surface area (Å²) in [6.07, 6.45) is 1.65. The van der Waals surface area contributed by atoms with Crippen LogP contribution in [0.25, 0.3) is 0 Å². The molecule has 1 rings (SSSR count). The van der Waals surface area contributed by atoms with Crippen LogP contribution in [0.1, 0.15) is 30.8 Å². The van der Waals surface area contributed by atoms with Crippen molar-refractivity contribution in [3.05, 3.63) is 28.2 Å². The maximum Gasteiger partial charge on any atom is 0.271 e. The van der Waals surface area contributed by atoms with Crippen LogP contribution in [-0.4, -0.2) is 54.2 Å². The summed E-state index contributed by atoms with van der Waals surface area (Å²) < 4.78 is 24.5. The molecule has 2 N–H and O–H groups in total. The van der Waals surface area contributed by atoms with Gasteiger partial charge in [0.05, 0.1) is 6.26 Å². The second-order valence-corrected chi connectivity index (χ2v) is 6.82. The van der Waals surface area contributed by atoms with E-state index >= 15 is 0 Å². The van der Waals surface area contributed by atoms with Gasteiger partial charge in [-0.3, -0.25) is 9.59 Å². The number of carbonyl (C=O) groups excluding carboxylic acids is 1. The van der Waals surface area contributed by atoms with Crippen molar-refractivity contribution in [3.8, 4) is 0 Å². The van der Waals surface area contributed by atoms with E-state index in [0.29, 0.717) is 19.5 Å². The molecule has 1 amide bonds. The monoisotopic (exact) mass is 316 g/mol. The molecule has 9 heteroatoms. The maximum absolute atomic E-state index is 11.7. The first-order valence-electron chi connectivity index (χ1n) is 6.52. The number of hydrogen-bond donors (Lipinski definition) is 2. The highest BCUT2D eigenvalue weighted by atomic mass is 32.2. The molecule has 118 valence electrons. The minimum Gasteiger partial charge on any atom is -0.351 e. The standard InChI is InChI=1S/C12H20N4O4S/c1-9(2)16(21(3,19)20)8-4-7-13-12(18)10-5-6-11(17)15-14-10/h5-6,9H,4,7-8H2,1-3H3,(H,13,18)(H,15,17). The normalized spacial score (nSPS) is 11.9. The lowest BCUT2D eigenvalue weighted by Crippen LogP contribution is -2.38. The van der Waals surface area contributed by atoms with Crippen molar-refractivity contribution in [3.63, 3.8) is 0 Å². The predicted molar refractivity (Wildman–Crippen MR) is 78.5 cm³/mol. The average Bonchev–Trinajstić information content (AvgIpc) is 2.37. The number of aromatic amines is 1. The fourth-order valence-corrected chi connectivity index (χ4v) is 3.03. The summed E-state index contributed by atoms with van der Waals surface area (Å²) in [5, 5.41) is 8.39. The molecule has 1 aromatic heterocycles. The van der Waals surface area contributed by atoms with E-state index in [1.165, 1.54) is 16.4 Å². The van der Waals surface area contributed by atoms with Crippen LogP contribution in [0.5, 0.6) is 0 Å². The van der Waals surface area contributed by atoms with Crippen LogP contribution in [0.15, 0.2) is 16.9 Å². The molecule has 0 aliphatic rings. The molecule has 0 saturated carbocycles. The third-order valence-electron chi connectivity index (χ3n) is 2.75. The molecule has 21 heavy (non-hydrogen) atoms. The zero-order valence-electron chi connectivity index (χ0n) is 12.3. The third-order valence-corrected chi connectivity index (χ3v) is 4.21. The lowest BCUT2D eigenvalue weighted by molar-refractivity contribution is 0.0946. The van der Waals surface area contributed by atoms with Crippen LogP contribution in [-0.2, 0) is 10.0 Å². The molecule has 8 nitrogen and oxygen atoms in total. The lowest BCUT2D eigenvalue weighted by Gasteiger charge is -2.23. The molecular weight excluding hydrogens is 296 g/mol. The molecule has 0 saturated heterocycles. The molecule has 1 aromatic rings. The summed E-state index contributed by atoms with van der Waals surface area (Å²) in [4.78, 5) is 22.5. The Morgan fingerprint density at radius 3 is 2.57 bits per heavy atom. The van der Waals surface area contributed by atoms with E-state index in [0.717, 1.165) is 6.26 Å². The molecule has 0 fully saturated rings. The van der Waals surface area contributed by atoms with E-state index in [4.69, 9.17) is 0 Å². The fraction of sp³-hybridized carbons (Fsp3) is 0.583. The van der Waals surface area contributed by atoms with Crippen molar-refractivity contribution < 1.29 is 13.2 Å². The summed E-state index contributed by atoms with van der Waals surface area (Å²) in [6, 6.07) is 2.41. The predicted octanol–water partition coefficient (Wildman–Crippen LogP) is -0.440. The van der Waals surface area contributed by atoms with Crippen molar-refractivity contribution in [2.24, 2.45) is 0 Å². The van der Waals surface area contributed by atoms with Crippen molar-refractivity contribution in [2.75, 3.05) is 19.3 Å². The zero-order valence-corrected chi connectivity index (χ0v) is 13.1. The number of H-pyrrole nitrogens is 1. The first-order valence-corrected chi connectivity index (χ1v) is 8.37. The molecule has 0 spiro atoms. The first-order chi connectivity index (χ1) is 9.71. The van der Waals surface area contributed by atoms with Gasteiger partial charge in [-0.05, 0) is 26.3 Å². The third kappa shape index (κ3) is 5.64. The van der Waals surface area contributed by atoms with Crippen molar-refractivity contribution in [2.45, 2.75) is 26.3 Å². The van der Waals surface area contributed by atoms with Crippen LogP contribution in [0.2, 0.25) is 0 Å². The minimum atomic E-state index is -3.25. The fourth-order valence-electron chi connectivity index (χ4n) is 1.81. The Kier molecular flexibility index (Phi) is 6.03. The van der Waals surface area contributed by atoms with E-state index in [-0.39, 0.29) is 17.3 Å². The van der Waals surface area contributed by atoms with Gasteiger partial charge >= 0.3 is 0 Å². The van der Waals surface area contributed by atoms with Gasteiger partial charge in [-0.25, -0.2) is 13.5 Å². The summed E-state index contributed by atoms with van der Waals surface area (Å²) in [5.41, 5.74) is -0.272. The van der Waals surface area contributed by atoms with Gasteiger partial charge < -0.3 is 5.32 Å².